The summed E-state index contributed by atoms with van der Waals surface area (Å²) >= 11 is 0. The van der Waals surface area contributed by atoms with Gasteiger partial charge in [0, 0.05) is 73.9 Å². The number of rotatable bonds is 6. The first-order valence-corrected chi connectivity index (χ1v) is 12.8. The predicted molar refractivity (Wildman–Crippen MR) is 146 cm³/mol. The number of pyridine rings is 1. The van der Waals surface area contributed by atoms with Gasteiger partial charge in [0.2, 0.25) is 0 Å². The zero-order valence-electron chi connectivity index (χ0n) is 22.4. The number of aromatic nitrogens is 6. The molecule has 1 atom stereocenters. The number of aromatic amines is 1. The first kappa shape index (κ1) is 27.3. The van der Waals surface area contributed by atoms with Gasteiger partial charge in [0.1, 0.15) is 23.0 Å². The predicted octanol–water partition coefficient (Wildman–Crippen LogP) is 4.01. The first-order chi connectivity index (χ1) is 19.0. The van der Waals surface area contributed by atoms with Crippen LogP contribution in [0, 0.1) is 5.41 Å². The van der Waals surface area contributed by atoms with Crippen LogP contribution in [0.5, 0.6) is 0 Å². The Labute approximate surface area is 229 Å². The molecule has 5 rings (SSSR count). The summed E-state index contributed by atoms with van der Waals surface area (Å²) in [5, 5.41) is 7.93. The van der Waals surface area contributed by atoms with Crippen molar-refractivity contribution in [3.8, 4) is 11.5 Å². The van der Waals surface area contributed by atoms with Gasteiger partial charge in [-0.25, -0.2) is 19.9 Å². The maximum atomic E-state index is 13.3. The molecule has 210 valence electrons. The van der Waals surface area contributed by atoms with Crippen LogP contribution in [0.2, 0.25) is 0 Å². The minimum absolute atomic E-state index is 0.104. The zero-order chi connectivity index (χ0) is 28.7. The number of hydrogen-bond acceptors (Lipinski definition) is 8. The molecule has 0 aliphatic carbocycles. The standard InChI is InChI=1S/C27H31F3N10/c1-26(2,3)25-35-12-19(36-25)15-38-8-9-39(16-21(38)17(10-31)11-32)23-6-7-33-24(37-23)20-13-34-22-5-4-18(14-40(20)22)27(28,29)30/h4-7,10-14,21,31H,8-9,15-16,32H2,1-3H3,(H,35,36)/b17-11+,31-10?. The van der Waals surface area contributed by atoms with Gasteiger partial charge in [-0.2, -0.15) is 13.2 Å². The molecule has 4 N–H and O–H groups in total. The van der Waals surface area contributed by atoms with Gasteiger partial charge < -0.3 is 21.0 Å². The topological polar surface area (TPSA) is 128 Å². The summed E-state index contributed by atoms with van der Waals surface area (Å²) in [6, 6.07) is 3.90. The van der Waals surface area contributed by atoms with Crippen LogP contribution in [0.4, 0.5) is 19.0 Å². The molecule has 1 aliphatic rings. The largest absolute Gasteiger partial charge is 0.417 e. The molecule has 1 fully saturated rings. The molecule has 0 saturated carbocycles. The van der Waals surface area contributed by atoms with E-state index < -0.39 is 11.7 Å². The fourth-order valence-electron chi connectivity index (χ4n) is 4.79. The number of alkyl halides is 3. The van der Waals surface area contributed by atoms with Crippen LogP contribution < -0.4 is 10.6 Å². The van der Waals surface area contributed by atoms with E-state index in [0.717, 1.165) is 23.8 Å². The van der Waals surface area contributed by atoms with Crippen molar-refractivity contribution >= 4 is 17.7 Å². The van der Waals surface area contributed by atoms with Gasteiger partial charge in [0.15, 0.2) is 5.82 Å². The second kappa shape index (κ2) is 10.4. The van der Waals surface area contributed by atoms with Gasteiger partial charge in [-0.15, -0.1) is 0 Å². The summed E-state index contributed by atoms with van der Waals surface area (Å²) in [5.74, 6) is 1.79. The van der Waals surface area contributed by atoms with E-state index in [1.165, 1.54) is 29.1 Å². The lowest BCUT2D eigenvalue weighted by Gasteiger charge is -2.42. The number of H-pyrrole nitrogens is 1. The molecular weight excluding hydrogens is 521 g/mol. The molecule has 0 bridgehead atoms. The molecule has 0 radical (unpaired) electrons. The molecular formula is C27H31F3N10. The van der Waals surface area contributed by atoms with Crippen molar-refractivity contribution in [1.29, 1.82) is 5.41 Å². The third kappa shape index (κ3) is 5.41. The summed E-state index contributed by atoms with van der Waals surface area (Å²) in [6.45, 7) is 8.68. The second-order valence-corrected chi connectivity index (χ2v) is 10.8. The number of anilines is 1. The van der Waals surface area contributed by atoms with Crippen LogP contribution in [-0.4, -0.2) is 66.1 Å². The highest BCUT2D eigenvalue weighted by molar-refractivity contribution is 5.77. The van der Waals surface area contributed by atoms with Crippen molar-refractivity contribution in [2.75, 3.05) is 24.5 Å². The number of hydrogen-bond donors (Lipinski definition) is 3. The Bertz CT molecular complexity index is 1550. The average molecular weight is 553 g/mol. The van der Waals surface area contributed by atoms with Crippen LogP contribution in [0.15, 0.2) is 54.8 Å². The van der Waals surface area contributed by atoms with Gasteiger partial charge in [0.05, 0.1) is 17.8 Å². The summed E-state index contributed by atoms with van der Waals surface area (Å²) in [7, 11) is 0. The maximum Gasteiger partial charge on any atom is 0.417 e. The lowest BCUT2D eigenvalue weighted by molar-refractivity contribution is -0.137. The molecule has 13 heteroatoms. The van der Waals surface area contributed by atoms with Crippen LogP contribution >= 0.6 is 0 Å². The number of nitrogens with two attached hydrogens (primary N) is 1. The van der Waals surface area contributed by atoms with Crippen LogP contribution in [0.3, 0.4) is 0 Å². The van der Waals surface area contributed by atoms with E-state index >= 15 is 0 Å². The summed E-state index contributed by atoms with van der Waals surface area (Å²) in [6.07, 6.45) is 4.13. The molecule has 0 spiro atoms. The van der Waals surface area contributed by atoms with E-state index in [-0.39, 0.29) is 17.3 Å². The van der Waals surface area contributed by atoms with Gasteiger partial charge in [-0.3, -0.25) is 9.30 Å². The fraction of sp³-hybridized carbons (Fsp3) is 0.370. The molecule has 0 aromatic carbocycles. The highest BCUT2D eigenvalue weighted by Gasteiger charge is 2.32. The summed E-state index contributed by atoms with van der Waals surface area (Å²) < 4.78 is 41.4. The van der Waals surface area contributed by atoms with Gasteiger partial charge in [-0.1, -0.05) is 20.8 Å². The number of fused-ring (bicyclic) bond motifs is 1. The Morgan fingerprint density at radius 3 is 2.60 bits per heavy atom. The number of nitrogens with zero attached hydrogens (tertiary/aromatic N) is 7. The molecule has 1 unspecified atom stereocenters. The van der Waals surface area contributed by atoms with Crippen molar-refractivity contribution in [1.82, 2.24) is 34.2 Å². The summed E-state index contributed by atoms with van der Waals surface area (Å²) in [4.78, 5) is 25.5. The summed E-state index contributed by atoms with van der Waals surface area (Å²) in [5.41, 5.74) is 7.37. The van der Waals surface area contributed by atoms with Crippen molar-refractivity contribution < 1.29 is 13.2 Å². The Morgan fingerprint density at radius 1 is 1.12 bits per heavy atom. The minimum Gasteiger partial charge on any atom is -0.404 e. The molecule has 1 saturated heterocycles. The second-order valence-electron chi connectivity index (χ2n) is 10.8. The number of imidazole rings is 2. The quantitative estimate of drug-likeness (QED) is 0.308. The third-order valence-electron chi connectivity index (χ3n) is 6.97. The van der Waals surface area contributed by atoms with Crippen molar-refractivity contribution in [2.24, 2.45) is 5.73 Å². The van der Waals surface area contributed by atoms with Crippen molar-refractivity contribution in [2.45, 2.75) is 44.9 Å². The maximum absolute atomic E-state index is 13.3. The minimum atomic E-state index is -4.49. The van der Waals surface area contributed by atoms with Gasteiger partial charge in [-0.05, 0) is 18.2 Å². The monoisotopic (exact) mass is 552 g/mol. The smallest absolute Gasteiger partial charge is 0.404 e. The van der Waals surface area contributed by atoms with Crippen LogP contribution in [-0.2, 0) is 18.1 Å². The van der Waals surface area contributed by atoms with E-state index in [0.29, 0.717) is 48.9 Å². The third-order valence-corrected chi connectivity index (χ3v) is 6.97. The highest BCUT2D eigenvalue weighted by Crippen LogP contribution is 2.31. The van der Waals surface area contributed by atoms with Crippen LogP contribution in [0.1, 0.15) is 37.9 Å². The van der Waals surface area contributed by atoms with Gasteiger partial charge in [0.25, 0.3) is 0 Å². The zero-order valence-corrected chi connectivity index (χ0v) is 22.4. The molecule has 1 aliphatic heterocycles. The Balaban J connectivity index is 1.41. The Kier molecular flexibility index (Phi) is 7.08. The van der Waals surface area contributed by atoms with E-state index in [1.54, 1.807) is 12.3 Å². The molecule has 10 nitrogen and oxygen atoms in total. The SMILES string of the molecule is CC(C)(C)c1ncc(CN2CCN(c3ccnc(-c4cnc5ccc(C(F)(F)F)cn45)n3)CC2/C(C=N)=C/N)[nH]1. The van der Waals surface area contributed by atoms with E-state index in [2.05, 4.69) is 50.5 Å². The van der Waals surface area contributed by atoms with Gasteiger partial charge >= 0.3 is 6.18 Å². The Hall–Kier alpha value is -4.26. The highest BCUT2D eigenvalue weighted by atomic mass is 19.4. The van der Waals surface area contributed by atoms with E-state index in [1.807, 2.05) is 6.20 Å². The molecule has 40 heavy (non-hydrogen) atoms. The Morgan fingerprint density at radius 2 is 1.93 bits per heavy atom. The lowest BCUT2D eigenvalue weighted by atomic mass is 9.96. The molecule has 5 heterocycles. The van der Waals surface area contributed by atoms with E-state index in [4.69, 9.17) is 16.1 Å². The normalized spacial score (nSPS) is 17.5. The van der Waals surface area contributed by atoms with Crippen LogP contribution in [0.25, 0.3) is 17.2 Å². The number of nitrogens with one attached hydrogen (secondary N) is 2. The fourth-order valence-corrected chi connectivity index (χ4v) is 4.79. The molecule has 4 aromatic rings. The average Bonchev–Trinajstić information content (AvgIpc) is 3.57. The van der Waals surface area contributed by atoms with Crippen molar-refractivity contribution in [3.63, 3.8) is 0 Å². The lowest BCUT2D eigenvalue weighted by Crippen LogP contribution is -2.54. The van der Waals surface area contributed by atoms with Crippen molar-refractivity contribution in [3.05, 3.63) is 71.8 Å². The first-order valence-electron chi connectivity index (χ1n) is 12.8. The molecule has 4 aromatic heterocycles. The number of piperazine rings is 1. The molecule has 0 amide bonds. The van der Waals surface area contributed by atoms with E-state index in [9.17, 15) is 13.2 Å². The number of halogens is 3.